The van der Waals surface area contributed by atoms with E-state index in [9.17, 15) is 4.79 Å². The van der Waals surface area contributed by atoms with Crippen molar-refractivity contribution in [2.24, 2.45) is 0 Å². The summed E-state index contributed by atoms with van der Waals surface area (Å²) in [7, 11) is 0. The number of aromatic nitrogens is 3. The predicted octanol–water partition coefficient (Wildman–Crippen LogP) is 2.38. The summed E-state index contributed by atoms with van der Waals surface area (Å²) < 4.78 is 1.87. The summed E-state index contributed by atoms with van der Waals surface area (Å²) in [5, 5.41) is 4.19. The van der Waals surface area contributed by atoms with Gasteiger partial charge in [0.25, 0.3) is 5.91 Å². The summed E-state index contributed by atoms with van der Waals surface area (Å²) in [6.45, 7) is 3.67. The van der Waals surface area contributed by atoms with Crippen molar-refractivity contribution in [2.75, 3.05) is 13.1 Å². The lowest BCUT2D eigenvalue weighted by Crippen LogP contribution is -2.40. The Hall–Kier alpha value is -1.69. The van der Waals surface area contributed by atoms with Crippen LogP contribution < -0.4 is 0 Å². The highest BCUT2D eigenvalue weighted by atomic mass is 32.1. The SMILES string of the molecule is CCc1ccc(C(=O)N2CCCC(n3cncn3)C2)s1. The summed E-state index contributed by atoms with van der Waals surface area (Å²) >= 11 is 1.61. The Morgan fingerprint density at radius 2 is 2.40 bits per heavy atom. The van der Waals surface area contributed by atoms with E-state index in [4.69, 9.17) is 0 Å². The fourth-order valence-corrected chi connectivity index (χ4v) is 3.52. The molecule has 2 aromatic heterocycles. The minimum atomic E-state index is 0.152. The monoisotopic (exact) mass is 290 g/mol. The Balaban J connectivity index is 1.71. The van der Waals surface area contributed by atoms with E-state index >= 15 is 0 Å². The molecule has 1 fully saturated rings. The van der Waals surface area contributed by atoms with Gasteiger partial charge in [-0.15, -0.1) is 11.3 Å². The first-order valence-corrected chi connectivity index (χ1v) is 7.81. The summed E-state index contributed by atoms with van der Waals surface area (Å²) in [5.41, 5.74) is 0. The fourth-order valence-electron chi connectivity index (χ4n) is 2.60. The molecule has 2 aromatic rings. The van der Waals surface area contributed by atoms with Crippen molar-refractivity contribution in [3.8, 4) is 0 Å². The zero-order valence-electron chi connectivity index (χ0n) is 11.5. The number of nitrogens with zero attached hydrogens (tertiary/aromatic N) is 4. The first-order valence-electron chi connectivity index (χ1n) is 7.00. The highest BCUT2D eigenvalue weighted by Crippen LogP contribution is 2.24. The van der Waals surface area contributed by atoms with Gasteiger partial charge in [0.2, 0.25) is 0 Å². The first kappa shape index (κ1) is 13.3. The van der Waals surface area contributed by atoms with E-state index in [0.29, 0.717) is 0 Å². The van der Waals surface area contributed by atoms with Gasteiger partial charge in [-0.1, -0.05) is 6.92 Å². The minimum absolute atomic E-state index is 0.152. The third kappa shape index (κ3) is 2.60. The summed E-state index contributed by atoms with van der Waals surface area (Å²) in [5.74, 6) is 0.152. The Kier molecular flexibility index (Phi) is 3.82. The zero-order valence-corrected chi connectivity index (χ0v) is 12.3. The molecule has 1 aliphatic heterocycles. The lowest BCUT2D eigenvalue weighted by molar-refractivity contribution is 0.0677. The Labute approximate surface area is 122 Å². The van der Waals surface area contributed by atoms with Gasteiger partial charge in [0.1, 0.15) is 12.7 Å². The molecule has 6 heteroatoms. The number of likely N-dealkylation sites (tertiary alicyclic amines) is 1. The van der Waals surface area contributed by atoms with Crippen LogP contribution in [0.4, 0.5) is 0 Å². The van der Waals surface area contributed by atoms with Crippen LogP contribution >= 0.6 is 11.3 Å². The molecule has 1 unspecified atom stereocenters. The van der Waals surface area contributed by atoms with Crippen molar-refractivity contribution in [2.45, 2.75) is 32.2 Å². The molecule has 1 atom stereocenters. The van der Waals surface area contributed by atoms with E-state index in [-0.39, 0.29) is 11.9 Å². The number of thiophene rings is 1. The fraction of sp³-hybridized carbons (Fsp3) is 0.500. The number of amides is 1. The average Bonchev–Trinajstić information content (AvgIpc) is 3.17. The number of carbonyl (C=O) groups excluding carboxylic acids is 1. The quantitative estimate of drug-likeness (QED) is 0.872. The first-order chi connectivity index (χ1) is 9.78. The molecule has 5 nitrogen and oxygen atoms in total. The molecule has 0 saturated carbocycles. The second-order valence-electron chi connectivity index (χ2n) is 5.04. The molecular weight excluding hydrogens is 272 g/mol. The normalized spacial score (nSPS) is 19.2. The molecule has 0 aliphatic carbocycles. The molecule has 1 aliphatic rings. The molecule has 0 N–H and O–H groups in total. The van der Waals surface area contributed by atoms with Crippen molar-refractivity contribution >= 4 is 17.2 Å². The summed E-state index contributed by atoms with van der Waals surface area (Å²) in [4.78, 5) is 20.6. The predicted molar refractivity (Wildman–Crippen MR) is 77.9 cm³/mol. The van der Waals surface area contributed by atoms with Crippen LogP contribution in [0.2, 0.25) is 0 Å². The van der Waals surface area contributed by atoms with Crippen molar-refractivity contribution in [1.29, 1.82) is 0 Å². The number of piperidine rings is 1. The Bertz CT molecular complexity index is 578. The van der Waals surface area contributed by atoms with Gasteiger partial charge < -0.3 is 4.90 Å². The lowest BCUT2D eigenvalue weighted by atomic mass is 10.1. The minimum Gasteiger partial charge on any atom is -0.336 e. The van der Waals surface area contributed by atoms with Gasteiger partial charge in [-0.05, 0) is 31.4 Å². The van der Waals surface area contributed by atoms with E-state index in [1.54, 1.807) is 24.0 Å². The highest BCUT2D eigenvalue weighted by Gasteiger charge is 2.26. The lowest BCUT2D eigenvalue weighted by Gasteiger charge is -2.32. The molecular formula is C14H18N4OS. The van der Waals surface area contributed by atoms with Crippen LogP contribution in [0.5, 0.6) is 0 Å². The summed E-state index contributed by atoms with van der Waals surface area (Å²) in [6.07, 6.45) is 6.34. The topological polar surface area (TPSA) is 51.0 Å². The summed E-state index contributed by atoms with van der Waals surface area (Å²) in [6, 6.07) is 4.25. The number of aryl methyl sites for hydroxylation is 1. The van der Waals surface area contributed by atoms with Crippen molar-refractivity contribution < 1.29 is 4.79 Å². The van der Waals surface area contributed by atoms with Crippen LogP contribution in [0, 0.1) is 0 Å². The van der Waals surface area contributed by atoms with E-state index in [1.807, 2.05) is 15.6 Å². The Morgan fingerprint density at radius 1 is 1.50 bits per heavy atom. The van der Waals surface area contributed by atoms with Crippen LogP contribution in [-0.2, 0) is 6.42 Å². The van der Waals surface area contributed by atoms with Crippen LogP contribution in [-0.4, -0.2) is 38.7 Å². The van der Waals surface area contributed by atoms with Gasteiger partial charge in [-0.3, -0.25) is 4.79 Å². The standard InChI is InChI=1S/C14H18N4OS/c1-2-12-5-6-13(20-12)14(19)17-7-3-4-11(8-17)18-10-15-9-16-18/h5-6,9-11H,2-4,7-8H2,1H3. The van der Waals surface area contributed by atoms with Crippen molar-refractivity contribution in [3.63, 3.8) is 0 Å². The van der Waals surface area contributed by atoms with Gasteiger partial charge in [-0.2, -0.15) is 5.10 Å². The van der Waals surface area contributed by atoms with E-state index in [1.165, 1.54) is 4.88 Å². The zero-order chi connectivity index (χ0) is 13.9. The van der Waals surface area contributed by atoms with Crippen LogP contribution in [0.15, 0.2) is 24.8 Å². The van der Waals surface area contributed by atoms with E-state index < -0.39 is 0 Å². The third-order valence-corrected chi connectivity index (χ3v) is 4.93. The second kappa shape index (κ2) is 5.75. The second-order valence-corrected chi connectivity index (χ2v) is 6.21. The molecule has 0 radical (unpaired) electrons. The molecule has 20 heavy (non-hydrogen) atoms. The Morgan fingerprint density at radius 3 is 3.10 bits per heavy atom. The largest absolute Gasteiger partial charge is 0.336 e. The smallest absolute Gasteiger partial charge is 0.263 e. The maximum absolute atomic E-state index is 12.5. The van der Waals surface area contributed by atoms with Gasteiger partial charge in [0.15, 0.2) is 0 Å². The van der Waals surface area contributed by atoms with E-state index in [0.717, 1.165) is 37.2 Å². The highest BCUT2D eigenvalue weighted by molar-refractivity contribution is 7.14. The third-order valence-electron chi connectivity index (χ3n) is 3.72. The average molecular weight is 290 g/mol. The molecule has 1 amide bonds. The molecule has 3 rings (SSSR count). The molecule has 0 bridgehead atoms. The van der Waals surface area contributed by atoms with E-state index in [2.05, 4.69) is 23.1 Å². The molecule has 3 heterocycles. The van der Waals surface area contributed by atoms with Crippen molar-refractivity contribution in [1.82, 2.24) is 19.7 Å². The van der Waals surface area contributed by atoms with Gasteiger partial charge in [-0.25, -0.2) is 9.67 Å². The van der Waals surface area contributed by atoms with Crippen LogP contribution in [0.3, 0.4) is 0 Å². The molecule has 0 spiro atoms. The number of hydrogen-bond acceptors (Lipinski definition) is 4. The number of carbonyl (C=O) groups is 1. The molecule has 106 valence electrons. The van der Waals surface area contributed by atoms with Gasteiger partial charge >= 0.3 is 0 Å². The number of hydrogen-bond donors (Lipinski definition) is 0. The molecule has 0 aromatic carbocycles. The van der Waals surface area contributed by atoms with Crippen molar-refractivity contribution in [3.05, 3.63) is 34.5 Å². The number of rotatable bonds is 3. The van der Waals surface area contributed by atoms with Gasteiger partial charge in [0.05, 0.1) is 10.9 Å². The van der Waals surface area contributed by atoms with Gasteiger partial charge in [0, 0.05) is 18.0 Å². The maximum atomic E-state index is 12.5. The van der Waals surface area contributed by atoms with Crippen LogP contribution in [0.1, 0.15) is 40.4 Å². The molecule has 1 saturated heterocycles. The maximum Gasteiger partial charge on any atom is 0.263 e. The van der Waals surface area contributed by atoms with Crippen LogP contribution in [0.25, 0.3) is 0 Å².